The molecule has 0 saturated carbocycles. The number of methoxy groups -OCH3 is 1. The second-order valence-electron chi connectivity index (χ2n) is 8.27. The van der Waals surface area contributed by atoms with Gasteiger partial charge in [0.25, 0.3) is 0 Å². The first-order chi connectivity index (χ1) is 16.5. The summed E-state index contributed by atoms with van der Waals surface area (Å²) in [5.41, 5.74) is 0.137. The zero-order valence-corrected chi connectivity index (χ0v) is 19.8. The molecule has 0 unspecified atom stereocenters. The molecule has 198 valence electrons. The number of carboxylic acids is 1. The first-order valence-electron chi connectivity index (χ1n) is 10.9. The maximum Gasteiger partial charge on any atom is 0.337 e. The van der Waals surface area contributed by atoms with Crippen molar-refractivity contribution in [2.24, 2.45) is 11.8 Å². The summed E-state index contributed by atoms with van der Waals surface area (Å²) in [6.45, 7) is 3.89. The Labute approximate surface area is 201 Å². The van der Waals surface area contributed by atoms with Crippen LogP contribution in [0.5, 0.6) is 0 Å². The highest BCUT2D eigenvalue weighted by atomic mass is 16.8. The quantitative estimate of drug-likeness (QED) is 0.186. The van der Waals surface area contributed by atoms with Gasteiger partial charge in [-0.1, -0.05) is 6.08 Å². The molecule has 0 aromatic heterocycles. The number of ether oxygens (including phenoxy) is 5. The van der Waals surface area contributed by atoms with Crippen LogP contribution < -0.4 is 0 Å². The van der Waals surface area contributed by atoms with Crippen molar-refractivity contribution in [2.75, 3.05) is 13.7 Å². The summed E-state index contributed by atoms with van der Waals surface area (Å²) in [6.07, 6.45) is -8.69. The molecule has 9 atom stereocenters. The monoisotopic (exact) mass is 504 g/mol. The van der Waals surface area contributed by atoms with E-state index in [1.54, 1.807) is 6.92 Å². The molecule has 0 radical (unpaired) electrons. The standard InChI is InChI=1S/C22H32O13/c1-5-9(2)19(29)33-10(3)15-11(6-14(24)25)12(20(30)31-4)8-32-21(15)35-22-18(28)17(27)16(26)13(7-23)34-22/h5,8,10-11,13,15-18,21-23,26-28H,6-7H2,1-4H3,(H,24,25)/b9-5+/t10-,11-,13-,15-,16-,17+,18-,21-,22+/m1/s1. The third kappa shape index (κ3) is 6.57. The second kappa shape index (κ2) is 12.4. The van der Waals surface area contributed by atoms with Crippen LogP contribution in [0.4, 0.5) is 0 Å². The van der Waals surface area contributed by atoms with Gasteiger partial charge in [-0.3, -0.25) is 4.79 Å². The van der Waals surface area contributed by atoms with E-state index < -0.39 is 85.9 Å². The third-order valence-electron chi connectivity index (χ3n) is 6.03. The fourth-order valence-corrected chi connectivity index (χ4v) is 3.91. The minimum atomic E-state index is -1.77. The average Bonchev–Trinajstić information content (AvgIpc) is 2.82. The van der Waals surface area contributed by atoms with E-state index in [1.165, 1.54) is 19.9 Å². The Morgan fingerprint density at radius 2 is 1.80 bits per heavy atom. The van der Waals surface area contributed by atoms with E-state index in [0.717, 1.165) is 13.4 Å². The SMILES string of the molecule is C/C=C(\C)C(=O)O[C@H](C)[C@H]1[C@@H](O[C@@H]2O[C@H](CO)[C@@H](O)[C@H](O)[C@H]2O)OC=C(C(=O)OC)[C@H]1CC(=O)O. The third-order valence-corrected chi connectivity index (χ3v) is 6.03. The summed E-state index contributed by atoms with van der Waals surface area (Å²) in [5.74, 6) is -5.07. The number of allylic oxidation sites excluding steroid dienone is 1. The second-order valence-corrected chi connectivity index (χ2v) is 8.27. The lowest BCUT2D eigenvalue weighted by Gasteiger charge is -2.44. The van der Waals surface area contributed by atoms with E-state index in [0.29, 0.717) is 0 Å². The molecular weight excluding hydrogens is 472 g/mol. The number of esters is 2. The lowest BCUT2D eigenvalue weighted by molar-refractivity contribution is -0.344. The van der Waals surface area contributed by atoms with Crippen LogP contribution in [0.25, 0.3) is 0 Å². The first kappa shape index (κ1) is 28.7. The van der Waals surface area contributed by atoms with Gasteiger partial charge >= 0.3 is 17.9 Å². The molecule has 2 aliphatic heterocycles. The number of rotatable bonds is 9. The van der Waals surface area contributed by atoms with E-state index in [2.05, 4.69) is 0 Å². The van der Waals surface area contributed by atoms with Gasteiger partial charge in [0.05, 0.1) is 37.9 Å². The number of hydrogen-bond donors (Lipinski definition) is 5. The zero-order valence-electron chi connectivity index (χ0n) is 19.8. The van der Waals surface area contributed by atoms with E-state index in [9.17, 15) is 39.9 Å². The van der Waals surface area contributed by atoms with Crippen LogP contribution in [0.2, 0.25) is 0 Å². The molecule has 0 spiro atoms. The maximum absolute atomic E-state index is 12.4. The van der Waals surface area contributed by atoms with Crippen LogP contribution in [0, 0.1) is 11.8 Å². The summed E-state index contributed by atoms with van der Waals surface area (Å²) < 4.78 is 26.8. The molecule has 0 bridgehead atoms. The number of aliphatic hydroxyl groups is 4. The minimum Gasteiger partial charge on any atom is -0.481 e. The van der Waals surface area contributed by atoms with Gasteiger partial charge in [0.2, 0.25) is 6.29 Å². The number of aliphatic carboxylic acids is 1. The van der Waals surface area contributed by atoms with Crippen LogP contribution in [0.3, 0.4) is 0 Å². The van der Waals surface area contributed by atoms with E-state index >= 15 is 0 Å². The van der Waals surface area contributed by atoms with Gasteiger partial charge in [-0.25, -0.2) is 9.59 Å². The molecule has 0 amide bonds. The number of carboxylic acid groups (broad SMARTS) is 1. The van der Waals surface area contributed by atoms with Crippen molar-refractivity contribution in [3.8, 4) is 0 Å². The molecule has 1 saturated heterocycles. The van der Waals surface area contributed by atoms with Crippen LogP contribution in [-0.4, -0.2) is 100 Å². The van der Waals surface area contributed by atoms with E-state index in [-0.39, 0.29) is 11.1 Å². The van der Waals surface area contributed by atoms with Gasteiger partial charge in [-0.05, 0) is 20.8 Å². The average molecular weight is 504 g/mol. The lowest BCUT2D eigenvalue weighted by atomic mass is 9.78. The fourth-order valence-electron chi connectivity index (χ4n) is 3.91. The highest BCUT2D eigenvalue weighted by Gasteiger charge is 2.50. The molecule has 35 heavy (non-hydrogen) atoms. The van der Waals surface area contributed by atoms with Crippen LogP contribution in [0.15, 0.2) is 23.5 Å². The zero-order chi connectivity index (χ0) is 26.4. The van der Waals surface area contributed by atoms with Crippen molar-refractivity contribution >= 4 is 17.9 Å². The van der Waals surface area contributed by atoms with Crippen molar-refractivity contribution in [1.29, 1.82) is 0 Å². The van der Waals surface area contributed by atoms with Gasteiger partial charge in [-0.15, -0.1) is 0 Å². The van der Waals surface area contributed by atoms with Gasteiger partial charge in [-0.2, -0.15) is 0 Å². The number of aliphatic hydroxyl groups excluding tert-OH is 4. The predicted octanol–water partition coefficient (Wildman–Crippen LogP) is -1.18. The minimum absolute atomic E-state index is 0.140. The summed E-state index contributed by atoms with van der Waals surface area (Å²) >= 11 is 0. The van der Waals surface area contributed by atoms with E-state index in [4.69, 9.17) is 23.7 Å². The highest BCUT2D eigenvalue weighted by molar-refractivity contribution is 5.90. The van der Waals surface area contributed by atoms with Crippen LogP contribution >= 0.6 is 0 Å². The smallest absolute Gasteiger partial charge is 0.337 e. The van der Waals surface area contributed by atoms with E-state index in [1.807, 2.05) is 0 Å². The number of hydrogen-bond acceptors (Lipinski definition) is 12. The van der Waals surface area contributed by atoms with Gasteiger partial charge in [0.15, 0.2) is 6.29 Å². The van der Waals surface area contributed by atoms with Gasteiger partial charge in [0.1, 0.15) is 30.5 Å². The molecule has 2 rings (SSSR count). The van der Waals surface area contributed by atoms with Crippen LogP contribution in [-0.2, 0) is 38.1 Å². The first-order valence-corrected chi connectivity index (χ1v) is 10.9. The molecule has 0 aromatic carbocycles. The topological polar surface area (TPSA) is 199 Å². The predicted molar refractivity (Wildman–Crippen MR) is 114 cm³/mol. The molecular formula is C22H32O13. The Bertz CT molecular complexity index is 835. The maximum atomic E-state index is 12.4. The van der Waals surface area contributed by atoms with Crippen molar-refractivity contribution in [3.05, 3.63) is 23.5 Å². The molecule has 1 fully saturated rings. The lowest BCUT2D eigenvalue weighted by Crippen LogP contribution is -2.60. The molecule has 5 N–H and O–H groups in total. The van der Waals surface area contributed by atoms with Gasteiger partial charge < -0.3 is 49.2 Å². The Morgan fingerprint density at radius 1 is 1.14 bits per heavy atom. The molecule has 13 heteroatoms. The number of carbonyl (C=O) groups is 3. The fraction of sp³-hybridized carbons (Fsp3) is 0.682. The van der Waals surface area contributed by atoms with Crippen molar-refractivity contribution in [2.45, 2.75) is 70.3 Å². The molecule has 13 nitrogen and oxygen atoms in total. The normalized spacial score (nSPS) is 34.3. The Balaban J connectivity index is 2.44. The molecule has 0 aromatic rings. The van der Waals surface area contributed by atoms with Crippen molar-refractivity contribution < 1.29 is 63.6 Å². The summed E-state index contributed by atoms with van der Waals surface area (Å²) in [7, 11) is 1.10. The highest BCUT2D eigenvalue weighted by Crippen LogP contribution is 2.39. The summed E-state index contributed by atoms with van der Waals surface area (Å²) in [4.78, 5) is 36.4. The Kier molecular flexibility index (Phi) is 10.2. The summed E-state index contributed by atoms with van der Waals surface area (Å²) in [5, 5.41) is 49.3. The molecule has 2 aliphatic rings. The molecule has 0 aliphatic carbocycles. The Hall–Kier alpha value is -2.55. The number of carbonyl (C=O) groups excluding carboxylic acids is 2. The van der Waals surface area contributed by atoms with Crippen molar-refractivity contribution in [1.82, 2.24) is 0 Å². The largest absolute Gasteiger partial charge is 0.481 e. The molecule has 2 heterocycles. The van der Waals surface area contributed by atoms with Crippen LogP contribution in [0.1, 0.15) is 27.2 Å². The summed E-state index contributed by atoms with van der Waals surface area (Å²) in [6, 6.07) is 0. The van der Waals surface area contributed by atoms with Gasteiger partial charge in [0, 0.05) is 11.5 Å². The van der Waals surface area contributed by atoms with Crippen molar-refractivity contribution in [3.63, 3.8) is 0 Å². The Morgan fingerprint density at radius 3 is 2.34 bits per heavy atom.